The van der Waals surface area contributed by atoms with E-state index in [1.807, 2.05) is 0 Å². The van der Waals surface area contributed by atoms with Crippen molar-refractivity contribution in [3.63, 3.8) is 0 Å². The van der Waals surface area contributed by atoms with Crippen molar-refractivity contribution in [3.05, 3.63) is 0 Å². The third-order valence-electron chi connectivity index (χ3n) is 2.33. The molecule has 1 rings (SSSR count). The molecule has 0 amide bonds. The molecule has 7 N–H and O–H groups in total. The number of methoxy groups -OCH3 is 1. The molecule has 1 aliphatic rings. The van der Waals surface area contributed by atoms with Crippen LogP contribution in [-0.4, -0.2) is 59.0 Å². The van der Waals surface area contributed by atoms with Crippen molar-refractivity contribution in [3.8, 4) is 0 Å². The molecule has 2 atom stereocenters. The average Bonchev–Trinajstić information content (AvgIpc) is 2.34. The minimum Gasteiger partial charge on any atom is -0.480 e. The van der Waals surface area contributed by atoms with Gasteiger partial charge in [0.1, 0.15) is 6.61 Å². The van der Waals surface area contributed by atoms with Crippen LogP contribution in [0.25, 0.3) is 0 Å². The quantitative estimate of drug-likeness (QED) is 0.308. The molecule has 0 spiro atoms. The van der Waals surface area contributed by atoms with Gasteiger partial charge in [0.25, 0.3) is 0 Å². The second kappa shape index (κ2) is 15.4. The Morgan fingerprint density at radius 3 is 1.43 bits per heavy atom. The number of hydrogen-bond acceptors (Lipinski definition) is 6. The Labute approximate surface area is 136 Å². The van der Waals surface area contributed by atoms with Gasteiger partial charge in [-0.05, 0) is 12.8 Å². The number of aliphatic carboxylic acids is 3. The Kier molecular flexibility index (Phi) is 18.3. The van der Waals surface area contributed by atoms with Crippen molar-refractivity contribution in [1.29, 1.82) is 0 Å². The number of rotatable bonds is 2. The molecule has 0 unspecified atom stereocenters. The first-order valence-electron chi connectivity index (χ1n) is 5.90. The predicted molar refractivity (Wildman–Crippen MR) is 69.2 cm³/mol. The maximum absolute atomic E-state index is 9.47. The molecule has 0 aromatic heterocycles. The second-order valence-electron chi connectivity index (χ2n) is 4.05. The van der Waals surface area contributed by atoms with E-state index < -0.39 is 17.9 Å². The van der Waals surface area contributed by atoms with Gasteiger partial charge in [-0.2, -0.15) is 0 Å². The molecule has 0 radical (unpaired) electrons. The number of carbonyl (C=O) groups is 3. The van der Waals surface area contributed by atoms with Gasteiger partial charge in [-0.15, -0.1) is 0 Å². The van der Waals surface area contributed by atoms with Crippen LogP contribution in [0, 0.1) is 0 Å². The van der Waals surface area contributed by atoms with Crippen molar-refractivity contribution in [2.24, 2.45) is 11.5 Å². The Balaban J connectivity index is -0.000000231. The summed E-state index contributed by atoms with van der Waals surface area (Å²) >= 11 is 0. The van der Waals surface area contributed by atoms with E-state index in [0.29, 0.717) is 0 Å². The minimum absolute atomic E-state index is 0. The van der Waals surface area contributed by atoms with Crippen LogP contribution in [-0.2, 0) is 40.2 Å². The van der Waals surface area contributed by atoms with Crippen LogP contribution in [0.15, 0.2) is 0 Å². The molecule has 1 saturated carbocycles. The number of ether oxygens (including phenoxy) is 1. The zero-order valence-corrected chi connectivity index (χ0v) is 13.9. The van der Waals surface area contributed by atoms with E-state index in [1.165, 1.54) is 20.0 Å². The first-order chi connectivity index (χ1) is 9.22. The van der Waals surface area contributed by atoms with Crippen molar-refractivity contribution in [1.82, 2.24) is 0 Å². The summed E-state index contributed by atoms with van der Waals surface area (Å²) in [5, 5.41) is 22.6. The van der Waals surface area contributed by atoms with Crippen LogP contribution < -0.4 is 11.5 Å². The van der Waals surface area contributed by atoms with E-state index in [9.17, 15) is 4.79 Å². The summed E-state index contributed by atoms with van der Waals surface area (Å²) in [5.74, 6) is -4.58. The van der Waals surface area contributed by atoms with Crippen molar-refractivity contribution in [2.75, 3.05) is 13.7 Å². The molecule has 0 aliphatic heterocycles. The van der Waals surface area contributed by atoms with Gasteiger partial charge < -0.3 is 31.5 Å². The van der Waals surface area contributed by atoms with Gasteiger partial charge in [-0.1, -0.05) is 12.8 Å². The van der Waals surface area contributed by atoms with E-state index in [0.717, 1.165) is 12.8 Å². The van der Waals surface area contributed by atoms with Gasteiger partial charge >= 0.3 is 17.9 Å². The van der Waals surface area contributed by atoms with Gasteiger partial charge in [0.2, 0.25) is 0 Å². The van der Waals surface area contributed by atoms with Crippen molar-refractivity contribution in [2.45, 2.75) is 37.8 Å². The molecule has 1 aliphatic carbocycles. The molecule has 1 fully saturated rings. The van der Waals surface area contributed by atoms with Gasteiger partial charge in [-0.3, -0.25) is 0 Å². The van der Waals surface area contributed by atoms with Gasteiger partial charge in [-0.25, -0.2) is 14.4 Å². The summed E-state index contributed by atoms with van der Waals surface area (Å²) < 4.78 is 4.20. The molecule has 0 saturated heterocycles. The summed E-state index contributed by atoms with van der Waals surface area (Å²) in [5.41, 5.74) is 11.3. The monoisotopic (exact) mass is 489 g/mol. The molecular weight excluding hydrogens is 467 g/mol. The van der Waals surface area contributed by atoms with E-state index in [4.69, 9.17) is 36.4 Å². The number of hydrogen-bond donors (Lipinski definition) is 5. The number of carboxylic acids is 3. The standard InChI is InChI=1S/C6H14N2.C3H6O3.C2H2O4.Pt/c7-5-3-1-2-4-6(5)8;1-6-2-3(4)5;3-1(4)2(5)6;/h5-6H,1-4,7-8H2;2H2,1H3,(H,4,5);(H,3,4)(H,5,6);/t5-,6-;;;/m1.../s1. The first kappa shape index (κ1) is 25.0. The van der Waals surface area contributed by atoms with Crippen LogP contribution in [0.4, 0.5) is 0 Å². The van der Waals surface area contributed by atoms with E-state index >= 15 is 0 Å². The fourth-order valence-corrected chi connectivity index (χ4v) is 1.31. The third-order valence-corrected chi connectivity index (χ3v) is 2.33. The Morgan fingerprint density at radius 1 is 1.00 bits per heavy atom. The maximum atomic E-state index is 9.47. The number of carboxylic acid groups (broad SMARTS) is 3. The second-order valence-corrected chi connectivity index (χ2v) is 4.05. The zero-order chi connectivity index (χ0) is 16.1. The Hall–Kier alpha value is -1.02. The molecule has 21 heavy (non-hydrogen) atoms. The molecule has 0 bridgehead atoms. The van der Waals surface area contributed by atoms with Crippen LogP contribution in [0.5, 0.6) is 0 Å². The predicted octanol–water partition coefficient (Wildman–Crippen LogP) is -0.914. The van der Waals surface area contributed by atoms with Gasteiger partial charge in [0.15, 0.2) is 0 Å². The Bertz CT molecular complexity index is 293. The van der Waals surface area contributed by atoms with Crippen LogP contribution >= 0.6 is 0 Å². The summed E-state index contributed by atoms with van der Waals surface area (Å²) in [6, 6.07) is 0.562. The molecular formula is C11H22N2O7Pt. The van der Waals surface area contributed by atoms with Gasteiger partial charge in [0.05, 0.1) is 0 Å². The SMILES string of the molecule is COCC(=O)O.N[C@@H]1CCCC[C@H]1N.O=C(O)C(=O)O.[Pt]. The summed E-state index contributed by atoms with van der Waals surface area (Å²) in [6.07, 6.45) is 4.80. The number of nitrogens with two attached hydrogens (primary N) is 2. The normalized spacial score (nSPS) is 19.6. The van der Waals surface area contributed by atoms with E-state index in [2.05, 4.69) is 4.74 Å². The fourth-order valence-electron chi connectivity index (χ4n) is 1.31. The van der Waals surface area contributed by atoms with Crippen molar-refractivity contribution < 1.29 is 55.5 Å². The first-order valence-corrected chi connectivity index (χ1v) is 5.90. The van der Waals surface area contributed by atoms with Crippen molar-refractivity contribution >= 4 is 17.9 Å². The average molecular weight is 489 g/mol. The zero-order valence-electron chi connectivity index (χ0n) is 11.6. The summed E-state index contributed by atoms with van der Waals surface area (Å²) in [7, 11) is 1.34. The molecule has 0 heterocycles. The Morgan fingerprint density at radius 2 is 1.33 bits per heavy atom. The largest absolute Gasteiger partial charge is 0.480 e. The molecule has 9 nitrogen and oxygen atoms in total. The molecule has 128 valence electrons. The fraction of sp³-hybridized carbons (Fsp3) is 0.727. The molecule has 0 aromatic carbocycles. The molecule has 10 heteroatoms. The van der Waals surface area contributed by atoms with Crippen LogP contribution in [0.1, 0.15) is 25.7 Å². The maximum Gasteiger partial charge on any atom is 0.414 e. The van der Waals surface area contributed by atoms with E-state index in [-0.39, 0.29) is 39.8 Å². The summed E-state index contributed by atoms with van der Waals surface area (Å²) in [4.78, 5) is 27.7. The molecule has 0 aromatic rings. The van der Waals surface area contributed by atoms with E-state index in [1.54, 1.807) is 0 Å². The topological polar surface area (TPSA) is 173 Å². The van der Waals surface area contributed by atoms with Crippen LogP contribution in [0.3, 0.4) is 0 Å². The third kappa shape index (κ3) is 19.0. The summed E-state index contributed by atoms with van der Waals surface area (Å²) in [6.45, 7) is -0.208. The minimum atomic E-state index is -1.82. The van der Waals surface area contributed by atoms with Crippen LogP contribution in [0.2, 0.25) is 0 Å². The smallest absolute Gasteiger partial charge is 0.414 e. The van der Waals surface area contributed by atoms with Gasteiger partial charge in [0, 0.05) is 40.3 Å².